The van der Waals surface area contributed by atoms with Gasteiger partial charge in [0.15, 0.2) is 0 Å². The van der Waals surface area contributed by atoms with Gasteiger partial charge in [0.2, 0.25) is 11.8 Å². The maximum absolute atomic E-state index is 13.1. The highest BCUT2D eigenvalue weighted by atomic mass is 32.2. The Kier molecular flexibility index (Phi) is 7.33. The number of nitrogens with zero attached hydrogens (tertiary/aromatic N) is 3. The summed E-state index contributed by atoms with van der Waals surface area (Å²) >= 11 is 0.773. The number of hydrogen-bond acceptors (Lipinski definition) is 5. The fraction of sp³-hybridized carbons (Fsp3) is 0.286. The molecule has 3 heterocycles. The molecule has 196 valence electrons. The molecular formula is C28H27FN4O4S. The third kappa shape index (κ3) is 5.22. The smallest absolute Gasteiger partial charge is 0.294 e. The topological polar surface area (TPSA) is 91.7 Å². The van der Waals surface area contributed by atoms with Crippen LogP contribution in [0.15, 0.2) is 53.6 Å². The number of amides is 4. The minimum Gasteiger partial charge on any atom is -0.341 e. The third-order valence-electron chi connectivity index (χ3n) is 6.75. The number of carbonyl (C=O) groups is 4. The molecule has 5 rings (SSSR count). The van der Waals surface area contributed by atoms with Gasteiger partial charge >= 0.3 is 0 Å². The second-order valence-electron chi connectivity index (χ2n) is 9.29. The second kappa shape index (κ2) is 10.8. The molecule has 0 aliphatic carbocycles. The van der Waals surface area contributed by atoms with Gasteiger partial charge in [0.05, 0.1) is 10.4 Å². The second-order valence-corrected chi connectivity index (χ2v) is 10.3. The van der Waals surface area contributed by atoms with Crippen LogP contribution in [0.1, 0.15) is 30.9 Å². The summed E-state index contributed by atoms with van der Waals surface area (Å²) in [6.07, 6.45) is 6.32. The predicted molar refractivity (Wildman–Crippen MR) is 145 cm³/mol. The van der Waals surface area contributed by atoms with Crippen molar-refractivity contribution in [3.8, 4) is 0 Å². The van der Waals surface area contributed by atoms with Gasteiger partial charge in [0.1, 0.15) is 18.9 Å². The lowest BCUT2D eigenvalue weighted by Gasteiger charge is -2.16. The highest BCUT2D eigenvalue weighted by Crippen LogP contribution is 2.35. The predicted octanol–water partition coefficient (Wildman–Crippen LogP) is 4.64. The van der Waals surface area contributed by atoms with Crippen LogP contribution in [0.4, 0.5) is 14.9 Å². The summed E-state index contributed by atoms with van der Waals surface area (Å²) < 4.78 is 15.0. The number of nitrogens with one attached hydrogen (secondary N) is 1. The lowest BCUT2D eigenvalue weighted by molar-refractivity contribution is -0.130. The van der Waals surface area contributed by atoms with E-state index < -0.39 is 29.4 Å². The summed E-state index contributed by atoms with van der Waals surface area (Å²) in [5, 5.41) is 2.91. The van der Waals surface area contributed by atoms with Crippen LogP contribution in [0.3, 0.4) is 0 Å². The molecule has 38 heavy (non-hydrogen) atoms. The number of rotatable bonds is 7. The highest BCUT2D eigenvalue weighted by Gasteiger charge is 2.36. The van der Waals surface area contributed by atoms with E-state index in [9.17, 15) is 23.6 Å². The molecule has 2 aliphatic heterocycles. The molecule has 2 aliphatic rings. The number of hydrogen-bond donors (Lipinski definition) is 1. The van der Waals surface area contributed by atoms with Crippen molar-refractivity contribution < 1.29 is 23.6 Å². The van der Waals surface area contributed by atoms with Gasteiger partial charge in [0.25, 0.3) is 11.1 Å². The molecule has 0 atom stereocenters. The summed E-state index contributed by atoms with van der Waals surface area (Å²) in [5.74, 6) is -1.50. The summed E-state index contributed by atoms with van der Waals surface area (Å²) in [6, 6.07) is 11.1. The minimum absolute atomic E-state index is 0.0596. The zero-order valence-electron chi connectivity index (χ0n) is 20.9. The fourth-order valence-electron chi connectivity index (χ4n) is 4.86. The summed E-state index contributed by atoms with van der Waals surface area (Å²) in [6.45, 7) is 3.34. The first-order valence-corrected chi connectivity index (χ1v) is 13.3. The van der Waals surface area contributed by atoms with E-state index >= 15 is 0 Å². The maximum atomic E-state index is 13.1. The largest absolute Gasteiger partial charge is 0.341 e. The molecule has 0 unspecified atom stereocenters. The Morgan fingerprint density at radius 2 is 1.79 bits per heavy atom. The molecule has 1 N–H and O–H groups in total. The zero-order chi connectivity index (χ0) is 26.8. The zero-order valence-corrected chi connectivity index (χ0v) is 21.7. The van der Waals surface area contributed by atoms with Gasteiger partial charge in [0, 0.05) is 35.9 Å². The Balaban J connectivity index is 1.39. The van der Waals surface area contributed by atoms with Crippen molar-refractivity contribution in [2.75, 3.05) is 25.0 Å². The molecule has 0 saturated carbocycles. The average Bonchev–Trinajstić information content (AvgIpc) is 3.62. The normalized spacial score (nSPS) is 16.7. The van der Waals surface area contributed by atoms with E-state index in [1.807, 2.05) is 33.9 Å². The van der Waals surface area contributed by atoms with Crippen molar-refractivity contribution in [3.05, 3.63) is 70.5 Å². The number of aromatic nitrogens is 1. The monoisotopic (exact) mass is 534 g/mol. The van der Waals surface area contributed by atoms with E-state index in [1.54, 1.807) is 6.08 Å². The Bertz CT molecular complexity index is 1460. The van der Waals surface area contributed by atoms with Crippen LogP contribution in [0.5, 0.6) is 0 Å². The Labute approximate surface area is 223 Å². The van der Waals surface area contributed by atoms with E-state index in [0.717, 1.165) is 71.0 Å². The van der Waals surface area contributed by atoms with Crippen molar-refractivity contribution in [1.29, 1.82) is 0 Å². The average molecular weight is 535 g/mol. The first-order chi connectivity index (χ1) is 18.3. The fourth-order valence-corrected chi connectivity index (χ4v) is 5.69. The number of halogens is 1. The van der Waals surface area contributed by atoms with Gasteiger partial charge in [-0.25, -0.2) is 4.39 Å². The molecule has 0 spiro atoms. The maximum Gasteiger partial charge on any atom is 0.294 e. The molecule has 4 amide bonds. The quantitative estimate of drug-likeness (QED) is 0.446. The lowest BCUT2D eigenvalue weighted by atomic mass is 10.1. The molecule has 10 heteroatoms. The highest BCUT2D eigenvalue weighted by molar-refractivity contribution is 8.18. The van der Waals surface area contributed by atoms with Crippen LogP contribution in [-0.2, 0) is 27.3 Å². The summed E-state index contributed by atoms with van der Waals surface area (Å²) in [5.41, 5.74) is 3.11. The number of anilines is 1. The number of aryl methyl sites for hydroxylation is 1. The van der Waals surface area contributed by atoms with Crippen molar-refractivity contribution in [3.63, 3.8) is 0 Å². The molecular weight excluding hydrogens is 507 g/mol. The molecule has 0 bridgehead atoms. The van der Waals surface area contributed by atoms with Crippen molar-refractivity contribution in [2.24, 2.45) is 0 Å². The molecule has 2 saturated heterocycles. The van der Waals surface area contributed by atoms with E-state index in [4.69, 9.17) is 0 Å². The van der Waals surface area contributed by atoms with E-state index in [1.165, 1.54) is 24.3 Å². The summed E-state index contributed by atoms with van der Waals surface area (Å²) in [4.78, 5) is 54.1. The Morgan fingerprint density at radius 3 is 2.50 bits per heavy atom. The molecule has 8 nitrogen and oxygen atoms in total. The van der Waals surface area contributed by atoms with Crippen LogP contribution in [0.25, 0.3) is 17.0 Å². The first kappa shape index (κ1) is 25.7. The number of likely N-dealkylation sites (tertiary alicyclic amines) is 1. The van der Waals surface area contributed by atoms with E-state index in [2.05, 4.69) is 12.2 Å². The molecule has 1 aromatic heterocycles. The van der Waals surface area contributed by atoms with Crippen molar-refractivity contribution in [2.45, 2.75) is 32.7 Å². The van der Waals surface area contributed by atoms with E-state index in [0.29, 0.717) is 5.69 Å². The summed E-state index contributed by atoms with van der Waals surface area (Å²) in [7, 11) is 0. The molecule has 0 radical (unpaired) electrons. The van der Waals surface area contributed by atoms with Crippen molar-refractivity contribution >= 4 is 57.4 Å². The number of fused-ring (bicyclic) bond motifs is 1. The number of carbonyl (C=O) groups excluding carboxylic acids is 4. The van der Waals surface area contributed by atoms with Crippen LogP contribution in [0.2, 0.25) is 0 Å². The molecule has 2 aromatic carbocycles. The standard InChI is InChI=1S/C28H27FN4O4S/c1-2-18-6-5-7-22-19(15-32(26(18)22)17-25(35)31-12-3-4-13-31)14-23-27(36)33(28(37)38-23)16-24(34)30-21-10-8-20(29)9-11-21/h5-11,14-15H,2-4,12-13,16-17H2,1H3,(H,30,34)/b23-14-. The number of para-hydroxylation sites is 1. The number of thioether (sulfide) groups is 1. The minimum atomic E-state index is -0.565. The van der Waals surface area contributed by atoms with Crippen LogP contribution in [0, 0.1) is 5.82 Å². The van der Waals surface area contributed by atoms with Crippen molar-refractivity contribution in [1.82, 2.24) is 14.4 Å². The molecule has 2 fully saturated rings. The Hall–Kier alpha value is -3.92. The van der Waals surface area contributed by atoms with Gasteiger partial charge < -0.3 is 14.8 Å². The lowest BCUT2D eigenvalue weighted by Crippen LogP contribution is -2.36. The van der Waals surface area contributed by atoms with Gasteiger partial charge in [-0.05, 0) is 66.9 Å². The van der Waals surface area contributed by atoms with Crippen LogP contribution < -0.4 is 5.32 Å². The van der Waals surface area contributed by atoms with E-state index in [-0.39, 0.29) is 17.4 Å². The molecule has 3 aromatic rings. The van der Waals surface area contributed by atoms with Gasteiger partial charge in [-0.3, -0.25) is 24.1 Å². The number of benzene rings is 2. The van der Waals surface area contributed by atoms with Gasteiger partial charge in [-0.15, -0.1) is 0 Å². The Morgan fingerprint density at radius 1 is 1.05 bits per heavy atom. The first-order valence-electron chi connectivity index (χ1n) is 12.5. The van der Waals surface area contributed by atoms with Gasteiger partial charge in [-0.2, -0.15) is 0 Å². The number of imide groups is 1. The third-order valence-corrected chi connectivity index (χ3v) is 7.66. The SMILES string of the molecule is CCc1cccc2c(/C=C3\SC(=O)N(CC(=O)Nc4ccc(F)cc4)C3=O)cn(CC(=O)N3CCCC3)c12. The van der Waals surface area contributed by atoms with Crippen LogP contribution >= 0.6 is 11.8 Å². The van der Waals surface area contributed by atoms with Crippen LogP contribution in [-0.4, -0.2) is 57.0 Å². The van der Waals surface area contributed by atoms with Gasteiger partial charge in [-0.1, -0.05) is 25.1 Å².